The maximum absolute atomic E-state index is 13.6. The molecule has 2 heterocycles. The summed E-state index contributed by atoms with van der Waals surface area (Å²) in [6.45, 7) is 5.88. The number of nitrogens with zero attached hydrogens (tertiary/aromatic N) is 3. The third-order valence-electron chi connectivity index (χ3n) is 3.57. The molecule has 0 bridgehead atoms. The highest BCUT2D eigenvalue weighted by molar-refractivity contribution is 7.66. The molecule has 21 heteroatoms. The van der Waals surface area contributed by atoms with Gasteiger partial charge in [-0.3, -0.25) is 18.7 Å². The number of halogens is 1. The fourth-order valence-electron chi connectivity index (χ4n) is 2.31. The number of rotatable bonds is 8. The molecule has 31 heavy (non-hydrogen) atoms. The molecule has 174 valence electrons. The molecule has 0 saturated carbocycles. The van der Waals surface area contributed by atoms with Gasteiger partial charge in [-0.2, -0.15) is 13.6 Å². The minimum Gasteiger partial charge on any atom is -0.382 e. The van der Waals surface area contributed by atoms with Gasteiger partial charge < -0.3 is 30.4 Å². The molecule has 0 aliphatic carbocycles. The molecule has 2 unspecified atom stereocenters. The van der Waals surface area contributed by atoms with E-state index in [4.69, 9.17) is 31.7 Å². The zero-order chi connectivity index (χ0) is 23.8. The van der Waals surface area contributed by atoms with Gasteiger partial charge in [0, 0.05) is 6.42 Å². The molecule has 17 nitrogen and oxygen atoms in total. The van der Waals surface area contributed by atoms with E-state index in [1.54, 1.807) is 0 Å². The van der Waals surface area contributed by atoms with Crippen LogP contribution in [0.4, 0.5) is 10.2 Å². The number of aliphatic hydroxyl groups excluding tert-OH is 1. The summed E-state index contributed by atoms with van der Waals surface area (Å²) in [5.41, 5.74) is 1.56. The number of phosphoric acid groups is 3. The van der Waals surface area contributed by atoms with E-state index < -0.39 is 71.9 Å². The van der Waals surface area contributed by atoms with E-state index in [1.165, 1.54) is 0 Å². The van der Waals surface area contributed by atoms with Crippen LogP contribution in [0.15, 0.2) is 11.0 Å². The zero-order valence-corrected chi connectivity index (χ0v) is 17.5. The maximum Gasteiger partial charge on any atom is 0.490 e. The summed E-state index contributed by atoms with van der Waals surface area (Å²) in [6.07, 6.45) is -3.23. The molecule has 1 fully saturated rings. The molecular weight excluding hydrogens is 496 g/mol. The van der Waals surface area contributed by atoms with E-state index in [0.717, 1.165) is 0 Å². The van der Waals surface area contributed by atoms with Gasteiger partial charge in [0.1, 0.15) is 6.23 Å². The Balaban J connectivity index is 2.18. The van der Waals surface area contributed by atoms with Crippen LogP contribution in [0.25, 0.3) is 4.85 Å². The molecular formula is C10H14FN4O13P3. The van der Waals surface area contributed by atoms with Crippen molar-refractivity contribution in [2.45, 2.75) is 24.5 Å². The van der Waals surface area contributed by atoms with Crippen molar-refractivity contribution in [2.75, 3.05) is 12.3 Å². The predicted molar refractivity (Wildman–Crippen MR) is 92.8 cm³/mol. The van der Waals surface area contributed by atoms with Crippen molar-refractivity contribution in [2.24, 2.45) is 0 Å². The molecule has 1 saturated heterocycles. The van der Waals surface area contributed by atoms with Crippen LogP contribution in [-0.2, 0) is 31.6 Å². The van der Waals surface area contributed by atoms with Crippen molar-refractivity contribution in [1.82, 2.24) is 9.55 Å². The van der Waals surface area contributed by atoms with Crippen molar-refractivity contribution >= 4 is 29.3 Å². The van der Waals surface area contributed by atoms with Crippen LogP contribution in [0.3, 0.4) is 0 Å². The fourth-order valence-corrected chi connectivity index (χ4v) is 5.36. The van der Waals surface area contributed by atoms with Gasteiger partial charge in [-0.25, -0.2) is 29.5 Å². The first-order valence-electron chi connectivity index (χ1n) is 7.56. The lowest BCUT2D eigenvalue weighted by Gasteiger charge is -2.22. The van der Waals surface area contributed by atoms with Gasteiger partial charge in [0.25, 0.3) is 0 Å². The monoisotopic (exact) mass is 510 g/mol. The normalized spacial score (nSPS) is 27.9. The summed E-state index contributed by atoms with van der Waals surface area (Å²) < 4.78 is 64.4. The molecule has 5 atom stereocenters. The van der Waals surface area contributed by atoms with Gasteiger partial charge in [-0.05, 0) is 0 Å². The van der Waals surface area contributed by atoms with Crippen LogP contribution in [0.2, 0.25) is 0 Å². The Hall–Kier alpha value is -1.57. The number of aliphatic hydroxyl groups is 1. The van der Waals surface area contributed by atoms with Crippen molar-refractivity contribution in [1.29, 1.82) is 0 Å². The molecule has 0 spiro atoms. The van der Waals surface area contributed by atoms with Crippen molar-refractivity contribution < 1.29 is 60.6 Å². The van der Waals surface area contributed by atoms with Crippen molar-refractivity contribution in [3.8, 4) is 0 Å². The Labute approximate surface area is 171 Å². The van der Waals surface area contributed by atoms with Gasteiger partial charge in [-0.15, -0.1) is 0 Å². The van der Waals surface area contributed by atoms with Crippen LogP contribution < -0.4 is 11.4 Å². The first-order chi connectivity index (χ1) is 14.0. The third kappa shape index (κ3) is 6.46. The Morgan fingerprint density at radius 2 is 1.94 bits per heavy atom. The predicted octanol–water partition coefficient (Wildman–Crippen LogP) is -0.797. The largest absolute Gasteiger partial charge is 0.490 e. The number of hydrogen-bond donors (Lipinski definition) is 6. The molecule has 7 N–H and O–H groups in total. The molecule has 1 aliphatic rings. The minimum atomic E-state index is -5.81. The van der Waals surface area contributed by atoms with E-state index in [0.29, 0.717) is 10.8 Å². The van der Waals surface area contributed by atoms with Crippen LogP contribution in [0.5, 0.6) is 0 Å². The first kappa shape index (κ1) is 25.7. The lowest BCUT2D eigenvalue weighted by molar-refractivity contribution is -0.0976. The zero-order valence-electron chi connectivity index (χ0n) is 14.8. The summed E-state index contributed by atoms with van der Waals surface area (Å²) in [6, 6.07) is 0. The number of nitrogen functional groups attached to an aromatic ring is 1. The smallest absolute Gasteiger partial charge is 0.382 e. The Bertz CT molecular complexity index is 1100. The second-order valence-electron chi connectivity index (χ2n) is 5.81. The highest BCUT2D eigenvalue weighted by atomic mass is 31.3. The molecule has 0 aromatic carbocycles. The van der Waals surface area contributed by atoms with Crippen LogP contribution in [-0.4, -0.2) is 52.7 Å². The SMILES string of the molecule is [C-]#[N+][C@]1(COP(=O)(O)OP(=O)(O)OP(=O)(O)O)O[C@@H](n2cc(F)c(N)nc2=O)C[C@@H]1O. The van der Waals surface area contributed by atoms with E-state index in [2.05, 4.69) is 23.0 Å². The first-order valence-corrected chi connectivity index (χ1v) is 12.1. The molecule has 1 aromatic heterocycles. The van der Waals surface area contributed by atoms with Gasteiger partial charge >= 0.3 is 34.9 Å². The maximum atomic E-state index is 13.6. The van der Waals surface area contributed by atoms with E-state index in [-0.39, 0.29) is 0 Å². The second-order valence-corrected chi connectivity index (χ2v) is 10.2. The Morgan fingerprint density at radius 1 is 1.32 bits per heavy atom. The number of anilines is 1. The van der Waals surface area contributed by atoms with Crippen LogP contribution in [0.1, 0.15) is 12.6 Å². The van der Waals surface area contributed by atoms with Gasteiger partial charge in [0.2, 0.25) is 0 Å². The highest BCUT2D eigenvalue weighted by Gasteiger charge is 2.57. The second kappa shape index (κ2) is 8.75. The molecule has 1 aromatic rings. The van der Waals surface area contributed by atoms with Crippen LogP contribution >= 0.6 is 23.5 Å². The number of hydrogen-bond acceptors (Lipinski definition) is 11. The van der Waals surface area contributed by atoms with Gasteiger partial charge in [0.05, 0.1) is 6.20 Å². The van der Waals surface area contributed by atoms with Gasteiger partial charge in [0.15, 0.2) is 24.3 Å². The summed E-state index contributed by atoms with van der Waals surface area (Å²) in [4.78, 5) is 53.5. The number of ether oxygens (including phenoxy) is 1. The average Bonchev–Trinajstić information content (AvgIpc) is 2.90. The Kier molecular flexibility index (Phi) is 7.25. The number of aromatic nitrogens is 2. The highest BCUT2D eigenvalue weighted by Crippen LogP contribution is 2.66. The van der Waals surface area contributed by atoms with Gasteiger partial charge in [-0.1, -0.05) is 0 Å². The van der Waals surface area contributed by atoms with Crippen molar-refractivity contribution in [3.05, 3.63) is 33.9 Å². The summed E-state index contributed by atoms with van der Waals surface area (Å²) in [5.74, 6) is -1.84. The quantitative estimate of drug-likeness (QED) is 0.185. The lowest BCUT2D eigenvalue weighted by Crippen LogP contribution is -2.40. The number of nitrogens with two attached hydrogens (primary N) is 1. The molecule has 1 aliphatic heterocycles. The molecule has 0 amide bonds. The number of phosphoric ester groups is 1. The fraction of sp³-hybridized carbons (Fsp3) is 0.500. The summed E-state index contributed by atoms with van der Waals surface area (Å²) >= 11 is 0. The minimum absolute atomic E-state index is 0.521. The Morgan fingerprint density at radius 3 is 2.48 bits per heavy atom. The third-order valence-corrected chi connectivity index (χ3v) is 7.35. The topological polar surface area (TPSA) is 255 Å². The summed E-state index contributed by atoms with van der Waals surface area (Å²) in [5, 5.41) is 10.2. The molecule has 0 radical (unpaired) electrons. The lowest BCUT2D eigenvalue weighted by atomic mass is 10.1. The van der Waals surface area contributed by atoms with E-state index in [1.807, 2.05) is 0 Å². The average molecular weight is 510 g/mol. The summed E-state index contributed by atoms with van der Waals surface area (Å²) in [7, 11) is -17.0. The standard InChI is InChI=1S/C10H14FN4O13P3/c1-13-10(4-25-30(21,22)28-31(23,24)27-29(18,19)20)6(16)2-7(26-10)15-3-5(11)8(12)14-9(15)17/h3,6-7,16H,2,4H2,(H,21,22)(H,23,24)(H2,12,14,17)(H2,18,19,20)/t6-,7+,10+/m0/s1. The van der Waals surface area contributed by atoms with E-state index in [9.17, 15) is 32.9 Å². The van der Waals surface area contributed by atoms with Crippen molar-refractivity contribution in [3.63, 3.8) is 0 Å². The van der Waals surface area contributed by atoms with Crippen LogP contribution in [0, 0.1) is 12.4 Å². The van der Waals surface area contributed by atoms with E-state index >= 15 is 0 Å². The molecule has 2 rings (SSSR count).